The largest absolute Gasteiger partial charge is 0.508 e. The molecule has 0 aliphatic carbocycles. The van der Waals surface area contributed by atoms with Gasteiger partial charge in [0.1, 0.15) is 12.1 Å². The van der Waals surface area contributed by atoms with Crippen molar-refractivity contribution in [3.8, 4) is 5.75 Å². The first-order valence-electron chi connectivity index (χ1n) is 5.79. The molecule has 1 N–H and O–H groups in total. The third-order valence-corrected chi connectivity index (χ3v) is 3.44. The summed E-state index contributed by atoms with van der Waals surface area (Å²) in [4.78, 5) is 14.0. The number of rotatable bonds is 1. The highest BCUT2D eigenvalue weighted by Gasteiger charge is 2.24. The van der Waals surface area contributed by atoms with Gasteiger partial charge in [-0.15, -0.1) is 10.2 Å². The molecule has 0 saturated carbocycles. The molecule has 1 aromatic heterocycles. The van der Waals surface area contributed by atoms with Gasteiger partial charge in [-0.1, -0.05) is 11.6 Å². The van der Waals surface area contributed by atoms with Crippen LogP contribution in [0, 0.1) is 0 Å². The molecule has 0 unspecified atom stereocenters. The lowest BCUT2D eigenvalue weighted by molar-refractivity contribution is 0.0707. The highest BCUT2D eigenvalue weighted by Crippen LogP contribution is 2.24. The van der Waals surface area contributed by atoms with Crippen molar-refractivity contribution in [3.63, 3.8) is 0 Å². The first-order valence-corrected chi connectivity index (χ1v) is 6.17. The maximum Gasteiger partial charge on any atom is 0.255 e. The van der Waals surface area contributed by atoms with E-state index in [1.165, 1.54) is 18.2 Å². The average molecular weight is 279 g/mol. The number of phenolic OH excluding ortho intramolecular Hbond substituents is 1. The molecule has 2 heterocycles. The third-order valence-electron chi connectivity index (χ3n) is 3.11. The van der Waals surface area contributed by atoms with E-state index < -0.39 is 0 Å². The van der Waals surface area contributed by atoms with Crippen molar-refractivity contribution in [1.29, 1.82) is 0 Å². The Kier molecular flexibility index (Phi) is 2.87. The fourth-order valence-electron chi connectivity index (χ4n) is 2.09. The SMILES string of the molecule is O=C(c1cc(O)ccc1Cl)N1CCn2cnnc2C1. The minimum Gasteiger partial charge on any atom is -0.508 e. The molecule has 0 saturated heterocycles. The lowest BCUT2D eigenvalue weighted by Crippen LogP contribution is -2.38. The van der Waals surface area contributed by atoms with Gasteiger partial charge < -0.3 is 14.6 Å². The monoisotopic (exact) mass is 278 g/mol. The van der Waals surface area contributed by atoms with Crippen molar-refractivity contribution in [2.24, 2.45) is 0 Å². The lowest BCUT2D eigenvalue weighted by Gasteiger charge is -2.27. The summed E-state index contributed by atoms with van der Waals surface area (Å²) >= 11 is 6.00. The zero-order chi connectivity index (χ0) is 13.4. The molecule has 0 fully saturated rings. The van der Waals surface area contributed by atoms with Crippen LogP contribution in [0.15, 0.2) is 24.5 Å². The number of fused-ring (bicyclic) bond motifs is 1. The van der Waals surface area contributed by atoms with Crippen LogP contribution in [0.5, 0.6) is 5.75 Å². The van der Waals surface area contributed by atoms with Crippen LogP contribution in [-0.4, -0.2) is 37.2 Å². The highest BCUT2D eigenvalue weighted by atomic mass is 35.5. The van der Waals surface area contributed by atoms with Crippen molar-refractivity contribution >= 4 is 17.5 Å². The molecule has 7 heteroatoms. The second kappa shape index (κ2) is 4.55. The number of halogens is 1. The van der Waals surface area contributed by atoms with Crippen LogP contribution in [0.4, 0.5) is 0 Å². The second-order valence-electron chi connectivity index (χ2n) is 4.33. The van der Waals surface area contributed by atoms with Gasteiger partial charge in [-0.05, 0) is 18.2 Å². The normalized spacial score (nSPS) is 14.3. The van der Waals surface area contributed by atoms with Gasteiger partial charge in [-0.2, -0.15) is 0 Å². The number of hydrogen-bond donors (Lipinski definition) is 1. The molecule has 1 aliphatic rings. The average Bonchev–Trinajstić information content (AvgIpc) is 2.88. The van der Waals surface area contributed by atoms with Gasteiger partial charge in [0.15, 0.2) is 5.82 Å². The van der Waals surface area contributed by atoms with Gasteiger partial charge in [0.25, 0.3) is 5.91 Å². The minimum absolute atomic E-state index is 0.0212. The number of hydrogen-bond acceptors (Lipinski definition) is 4. The molecule has 6 nitrogen and oxygen atoms in total. The summed E-state index contributed by atoms with van der Waals surface area (Å²) in [5, 5.41) is 17.6. The first kappa shape index (κ1) is 12.0. The summed E-state index contributed by atoms with van der Waals surface area (Å²) in [5.41, 5.74) is 0.301. The zero-order valence-electron chi connectivity index (χ0n) is 9.95. The third kappa shape index (κ3) is 2.15. The minimum atomic E-state index is -0.213. The zero-order valence-corrected chi connectivity index (χ0v) is 10.7. The van der Waals surface area contributed by atoms with Gasteiger partial charge in [-0.3, -0.25) is 4.79 Å². The fraction of sp³-hybridized carbons (Fsp3) is 0.250. The standard InChI is InChI=1S/C12H11ClN4O2/c13-10-2-1-8(18)5-9(10)12(19)16-3-4-17-7-14-15-11(17)6-16/h1-2,5,7,18H,3-4,6H2. The summed E-state index contributed by atoms with van der Waals surface area (Å²) in [6.07, 6.45) is 1.65. The summed E-state index contributed by atoms with van der Waals surface area (Å²) in [6.45, 7) is 1.62. The number of aromatic nitrogens is 3. The van der Waals surface area contributed by atoms with E-state index in [1.54, 1.807) is 11.2 Å². The van der Waals surface area contributed by atoms with E-state index in [1.807, 2.05) is 4.57 Å². The van der Waals surface area contributed by atoms with E-state index >= 15 is 0 Å². The molecular weight excluding hydrogens is 268 g/mol. The van der Waals surface area contributed by atoms with Crippen molar-refractivity contribution in [2.75, 3.05) is 6.54 Å². The molecule has 0 spiro atoms. The van der Waals surface area contributed by atoms with Crippen LogP contribution in [0.25, 0.3) is 0 Å². The predicted octanol–water partition coefficient (Wildman–Crippen LogP) is 1.29. The second-order valence-corrected chi connectivity index (χ2v) is 4.74. The lowest BCUT2D eigenvalue weighted by atomic mass is 10.1. The van der Waals surface area contributed by atoms with Crippen LogP contribution in [0.3, 0.4) is 0 Å². The van der Waals surface area contributed by atoms with Gasteiger partial charge >= 0.3 is 0 Å². The van der Waals surface area contributed by atoms with E-state index in [2.05, 4.69) is 10.2 Å². The Morgan fingerprint density at radius 3 is 3.05 bits per heavy atom. The Balaban J connectivity index is 1.87. The summed E-state index contributed by atoms with van der Waals surface area (Å²) in [6, 6.07) is 4.34. The van der Waals surface area contributed by atoms with E-state index in [0.29, 0.717) is 30.2 Å². The van der Waals surface area contributed by atoms with Gasteiger partial charge in [0.05, 0.1) is 17.1 Å². The van der Waals surface area contributed by atoms with Crippen LogP contribution in [0.2, 0.25) is 5.02 Å². The molecule has 1 aromatic carbocycles. The van der Waals surface area contributed by atoms with Crippen molar-refractivity contribution in [1.82, 2.24) is 19.7 Å². The molecule has 1 amide bonds. The first-order chi connectivity index (χ1) is 9.15. The van der Waals surface area contributed by atoms with Crippen molar-refractivity contribution in [3.05, 3.63) is 40.9 Å². The molecule has 19 heavy (non-hydrogen) atoms. The number of nitrogens with zero attached hydrogens (tertiary/aromatic N) is 4. The van der Waals surface area contributed by atoms with Crippen LogP contribution in [-0.2, 0) is 13.1 Å². The molecule has 0 atom stereocenters. The molecular formula is C12H11ClN4O2. The summed E-state index contributed by atoms with van der Waals surface area (Å²) in [5.74, 6) is 0.555. The highest BCUT2D eigenvalue weighted by molar-refractivity contribution is 6.33. The topological polar surface area (TPSA) is 71.2 Å². The number of carbonyl (C=O) groups excluding carboxylic acids is 1. The van der Waals surface area contributed by atoms with Crippen molar-refractivity contribution in [2.45, 2.75) is 13.1 Å². The maximum absolute atomic E-state index is 12.4. The van der Waals surface area contributed by atoms with E-state index in [4.69, 9.17) is 11.6 Å². The van der Waals surface area contributed by atoms with Gasteiger partial charge in [-0.25, -0.2) is 0 Å². The number of carbonyl (C=O) groups is 1. The molecule has 0 bridgehead atoms. The summed E-state index contributed by atoms with van der Waals surface area (Å²) < 4.78 is 1.91. The van der Waals surface area contributed by atoms with Gasteiger partial charge in [0.2, 0.25) is 0 Å². The Bertz CT molecular complexity index is 640. The molecule has 1 aliphatic heterocycles. The number of aromatic hydroxyl groups is 1. The Morgan fingerprint density at radius 1 is 1.37 bits per heavy atom. The fourth-order valence-corrected chi connectivity index (χ4v) is 2.29. The van der Waals surface area contributed by atoms with E-state index in [-0.39, 0.29) is 11.7 Å². The Labute approximate surface area is 114 Å². The maximum atomic E-state index is 12.4. The van der Waals surface area contributed by atoms with Crippen molar-refractivity contribution < 1.29 is 9.90 Å². The van der Waals surface area contributed by atoms with Crippen LogP contribution < -0.4 is 0 Å². The Hall–Kier alpha value is -2.08. The molecule has 2 aromatic rings. The number of amides is 1. The predicted molar refractivity (Wildman–Crippen MR) is 67.9 cm³/mol. The summed E-state index contributed by atoms with van der Waals surface area (Å²) in [7, 11) is 0. The quantitative estimate of drug-likeness (QED) is 0.853. The van der Waals surface area contributed by atoms with Crippen LogP contribution in [0.1, 0.15) is 16.2 Å². The number of benzene rings is 1. The van der Waals surface area contributed by atoms with E-state index in [0.717, 1.165) is 5.82 Å². The van der Waals surface area contributed by atoms with E-state index in [9.17, 15) is 9.90 Å². The smallest absolute Gasteiger partial charge is 0.255 e. The van der Waals surface area contributed by atoms with Gasteiger partial charge in [0, 0.05) is 13.1 Å². The Morgan fingerprint density at radius 2 is 2.21 bits per heavy atom. The molecule has 3 rings (SSSR count). The number of phenols is 1. The van der Waals surface area contributed by atoms with Crippen LogP contribution >= 0.6 is 11.6 Å². The molecule has 98 valence electrons. The molecule has 0 radical (unpaired) electrons.